The molecule has 0 saturated heterocycles. The van der Waals surface area contributed by atoms with E-state index in [0.29, 0.717) is 5.02 Å². The van der Waals surface area contributed by atoms with E-state index in [4.69, 9.17) is 16.7 Å². The Balaban J connectivity index is 2.20. The van der Waals surface area contributed by atoms with Crippen LogP contribution < -0.4 is 0 Å². The quantitative estimate of drug-likeness (QED) is 0.789. The van der Waals surface area contributed by atoms with Crippen LogP contribution in [0.3, 0.4) is 0 Å². The highest BCUT2D eigenvalue weighted by Crippen LogP contribution is 2.30. The van der Waals surface area contributed by atoms with Crippen molar-refractivity contribution in [3.63, 3.8) is 0 Å². The molecule has 0 atom stereocenters. The zero-order valence-corrected chi connectivity index (χ0v) is 12.6. The number of aliphatic hydroxyl groups excluding tert-OH is 1. The predicted molar refractivity (Wildman–Crippen MR) is 86.6 cm³/mol. The van der Waals surface area contributed by atoms with Gasteiger partial charge in [0.15, 0.2) is 0 Å². The molecule has 3 rings (SSSR count). The third kappa shape index (κ3) is 2.67. The number of rotatable bonds is 4. The molecule has 0 aliphatic heterocycles. The van der Waals surface area contributed by atoms with Gasteiger partial charge in [-0.25, -0.2) is 0 Å². The Kier molecular flexibility index (Phi) is 3.95. The zero-order valence-electron chi connectivity index (χ0n) is 11.9. The fourth-order valence-corrected chi connectivity index (χ4v) is 2.90. The number of hydrogen-bond donors (Lipinski definition) is 1. The Hall–Kier alpha value is -1.84. The monoisotopic (exact) mass is 300 g/mol. The molecule has 3 nitrogen and oxygen atoms in total. The maximum atomic E-state index is 9.14. The third-order valence-corrected chi connectivity index (χ3v) is 3.84. The number of pyridine rings is 1. The molecular formula is C17H17ClN2O. The summed E-state index contributed by atoms with van der Waals surface area (Å²) in [6, 6.07) is 12.3. The summed E-state index contributed by atoms with van der Waals surface area (Å²) in [5, 5.41) is 11.0. The maximum absolute atomic E-state index is 9.14. The molecule has 0 amide bonds. The van der Waals surface area contributed by atoms with Crippen molar-refractivity contribution in [1.82, 2.24) is 9.55 Å². The topological polar surface area (TPSA) is 38.0 Å². The van der Waals surface area contributed by atoms with Crippen LogP contribution in [-0.2, 0) is 6.54 Å². The van der Waals surface area contributed by atoms with Crippen LogP contribution >= 0.6 is 11.6 Å². The molecule has 0 radical (unpaired) electrons. The second-order valence-electron chi connectivity index (χ2n) is 5.14. The van der Waals surface area contributed by atoms with Crippen LogP contribution in [0.1, 0.15) is 12.0 Å². The molecule has 108 valence electrons. The van der Waals surface area contributed by atoms with Crippen molar-refractivity contribution in [2.45, 2.75) is 19.9 Å². The lowest BCUT2D eigenvalue weighted by molar-refractivity contribution is 0.281. The Labute approximate surface area is 128 Å². The van der Waals surface area contributed by atoms with Gasteiger partial charge in [0.25, 0.3) is 0 Å². The molecule has 0 unspecified atom stereocenters. The highest BCUT2D eigenvalue weighted by atomic mass is 35.5. The van der Waals surface area contributed by atoms with E-state index in [1.54, 1.807) is 6.20 Å². The van der Waals surface area contributed by atoms with Gasteiger partial charge in [0, 0.05) is 30.3 Å². The first kappa shape index (κ1) is 14.1. The van der Waals surface area contributed by atoms with Gasteiger partial charge in [-0.2, -0.15) is 0 Å². The van der Waals surface area contributed by atoms with Gasteiger partial charge in [0.05, 0.1) is 16.4 Å². The maximum Gasteiger partial charge on any atom is 0.0897 e. The van der Waals surface area contributed by atoms with Crippen LogP contribution in [0.25, 0.3) is 22.3 Å². The summed E-state index contributed by atoms with van der Waals surface area (Å²) in [7, 11) is 0. The third-order valence-electron chi connectivity index (χ3n) is 3.64. The van der Waals surface area contributed by atoms with Gasteiger partial charge in [-0.15, -0.1) is 0 Å². The summed E-state index contributed by atoms with van der Waals surface area (Å²) in [6.45, 7) is 2.96. The first-order valence-electron chi connectivity index (χ1n) is 7.02. The van der Waals surface area contributed by atoms with E-state index in [1.807, 2.05) is 25.1 Å². The largest absolute Gasteiger partial charge is 0.396 e. The molecule has 4 heteroatoms. The molecule has 0 saturated carbocycles. The highest BCUT2D eigenvalue weighted by molar-refractivity contribution is 6.30. The minimum Gasteiger partial charge on any atom is -0.396 e. The van der Waals surface area contributed by atoms with Crippen LogP contribution in [0.4, 0.5) is 0 Å². The lowest BCUT2D eigenvalue weighted by atomic mass is 10.1. The van der Waals surface area contributed by atoms with E-state index < -0.39 is 0 Å². The number of nitrogens with zero attached hydrogens (tertiary/aromatic N) is 2. The number of benzene rings is 1. The van der Waals surface area contributed by atoms with Gasteiger partial charge in [-0.05, 0) is 37.1 Å². The Bertz CT molecular complexity index is 780. The van der Waals surface area contributed by atoms with Crippen molar-refractivity contribution in [3.05, 3.63) is 53.2 Å². The van der Waals surface area contributed by atoms with Gasteiger partial charge in [0.1, 0.15) is 0 Å². The smallest absolute Gasteiger partial charge is 0.0897 e. The van der Waals surface area contributed by atoms with E-state index in [-0.39, 0.29) is 6.61 Å². The molecule has 2 heterocycles. The summed E-state index contributed by atoms with van der Waals surface area (Å²) < 4.78 is 2.22. The van der Waals surface area contributed by atoms with Crippen LogP contribution in [-0.4, -0.2) is 21.3 Å². The lowest BCUT2D eigenvalue weighted by Crippen LogP contribution is -2.03. The average Bonchev–Trinajstić information content (AvgIpc) is 2.83. The Morgan fingerprint density at radius 2 is 2.05 bits per heavy atom. The van der Waals surface area contributed by atoms with E-state index in [1.165, 1.54) is 5.39 Å². The number of halogens is 1. The fourth-order valence-electron chi connectivity index (χ4n) is 2.68. The standard InChI is InChI=1S/C17H17ClN2O/c1-12-9-14(18)11-19-17(12)16-10-13-5-2-3-6-15(13)20(16)7-4-8-21/h2-3,5-6,9-11,21H,4,7-8H2,1H3. The molecule has 0 aliphatic carbocycles. The number of para-hydroxylation sites is 1. The minimum absolute atomic E-state index is 0.180. The van der Waals surface area contributed by atoms with E-state index in [2.05, 4.69) is 27.8 Å². The molecule has 2 aromatic heterocycles. The average molecular weight is 301 g/mol. The van der Waals surface area contributed by atoms with Crippen molar-refractivity contribution in [3.8, 4) is 11.4 Å². The van der Waals surface area contributed by atoms with Crippen molar-refractivity contribution in [2.75, 3.05) is 6.61 Å². The molecule has 0 aliphatic rings. The normalized spacial score (nSPS) is 11.2. The molecule has 0 fully saturated rings. The van der Waals surface area contributed by atoms with Crippen molar-refractivity contribution < 1.29 is 5.11 Å². The summed E-state index contributed by atoms with van der Waals surface area (Å²) >= 11 is 6.00. The van der Waals surface area contributed by atoms with E-state index in [0.717, 1.165) is 35.4 Å². The molecule has 1 N–H and O–H groups in total. The molecule has 3 aromatic rings. The summed E-state index contributed by atoms with van der Waals surface area (Å²) in [5.41, 5.74) is 4.22. The van der Waals surface area contributed by atoms with Gasteiger partial charge in [-0.1, -0.05) is 29.8 Å². The second-order valence-corrected chi connectivity index (χ2v) is 5.57. The van der Waals surface area contributed by atoms with E-state index >= 15 is 0 Å². The molecule has 0 bridgehead atoms. The number of aryl methyl sites for hydroxylation is 2. The van der Waals surface area contributed by atoms with Gasteiger partial charge in [-0.3, -0.25) is 4.98 Å². The van der Waals surface area contributed by atoms with Gasteiger partial charge in [0.2, 0.25) is 0 Å². The van der Waals surface area contributed by atoms with Crippen molar-refractivity contribution in [1.29, 1.82) is 0 Å². The number of hydrogen-bond acceptors (Lipinski definition) is 2. The van der Waals surface area contributed by atoms with Crippen LogP contribution in [0.2, 0.25) is 5.02 Å². The summed E-state index contributed by atoms with van der Waals surface area (Å²) in [5.74, 6) is 0. The molecule has 0 spiro atoms. The van der Waals surface area contributed by atoms with Gasteiger partial charge < -0.3 is 9.67 Å². The minimum atomic E-state index is 0.180. The zero-order chi connectivity index (χ0) is 14.8. The molecule has 1 aromatic carbocycles. The number of aliphatic hydroxyl groups is 1. The Morgan fingerprint density at radius 1 is 1.24 bits per heavy atom. The van der Waals surface area contributed by atoms with Crippen LogP contribution in [0.15, 0.2) is 42.6 Å². The highest BCUT2D eigenvalue weighted by Gasteiger charge is 2.13. The summed E-state index contributed by atoms with van der Waals surface area (Å²) in [4.78, 5) is 4.50. The molecular weight excluding hydrogens is 284 g/mol. The van der Waals surface area contributed by atoms with Crippen molar-refractivity contribution in [2.24, 2.45) is 0 Å². The second kappa shape index (κ2) is 5.88. The SMILES string of the molecule is Cc1cc(Cl)cnc1-c1cc2ccccc2n1CCCO. The van der Waals surface area contributed by atoms with Crippen molar-refractivity contribution >= 4 is 22.5 Å². The first-order chi connectivity index (χ1) is 10.2. The molecule has 21 heavy (non-hydrogen) atoms. The summed E-state index contributed by atoms with van der Waals surface area (Å²) in [6.07, 6.45) is 2.40. The number of fused-ring (bicyclic) bond motifs is 1. The van der Waals surface area contributed by atoms with Crippen LogP contribution in [0, 0.1) is 6.92 Å². The Morgan fingerprint density at radius 3 is 2.81 bits per heavy atom. The first-order valence-corrected chi connectivity index (χ1v) is 7.40. The van der Waals surface area contributed by atoms with Gasteiger partial charge >= 0.3 is 0 Å². The van der Waals surface area contributed by atoms with Crippen LogP contribution in [0.5, 0.6) is 0 Å². The van der Waals surface area contributed by atoms with E-state index in [9.17, 15) is 0 Å². The lowest BCUT2D eigenvalue weighted by Gasteiger charge is -2.11. The predicted octanol–water partition coefficient (Wildman–Crippen LogP) is 4.05. The number of aromatic nitrogens is 2. The fraction of sp³-hybridized carbons (Fsp3) is 0.235.